The lowest BCUT2D eigenvalue weighted by Crippen LogP contribution is -2.30. The average molecular weight is 379 g/mol. The lowest BCUT2D eigenvalue weighted by Gasteiger charge is -2.12. The molecule has 0 unspecified atom stereocenters. The van der Waals surface area contributed by atoms with Crippen molar-refractivity contribution in [2.45, 2.75) is 18.8 Å². The van der Waals surface area contributed by atoms with E-state index in [-0.39, 0.29) is 11.4 Å². The number of aryl methyl sites for hydroxylation is 1. The van der Waals surface area contributed by atoms with Crippen molar-refractivity contribution in [3.8, 4) is 0 Å². The molecule has 24 heavy (non-hydrogen) atoms. The van der Waals surface area contributed by atoms with Gasteiger partial charge in [0.15, 0.2) is 5.50 Å². The van der Waals surface area contributed by atoms with Crippen molar-refractivity contribution < 1.29 is 4.79 Å². The molecule has 124 valence electrons. The largest absolute Gasteiger partial charge is 0.357 e. The molecule has 3 nitrogen and oxygen atoms in total. The second-order valence-corrected chi connectivity index (χ2v) is 7.31. The van der Waals surface area contributed by atoms with Gasteiger partial charge in [-0.1, -0.05) is 60.1 Å². The fraction of sp³-hybridized carbons (Fsp3) is 0.167. The molecular formula is C18H16Cl2N2OS. The minimum Gasteiger partial charge on any atom is -0.357 e. The van der Waals surface area contributed by atoms with Crippen LogP contribution < -0.4 is 10.6 Å². The molecule has 3 rings (SSSR count). The molecule has 2 aromatic carbocycles. The summed E-state index contributed by atoms with van der Waals surface area (Å²) >= 11 is 13.4. The third-order valence-electron chi connectivity index (χ3n) is 3.63. The van der Waals surface area contributed by atoms with E-state index in [0.29, 0.717) is 15.0 Å². The highest BCUT2D eigenvalue weighted by Crippen LogP contribution is 2.31. The van der Waals surface area contributed by atoms with Crippen molar-refractivity contribution in [2.75, 3.05) is 5.32 Å². The first-order valence-corrected chi connectivity index (χ1v) is 9.18. The van der Waals surface area contributed by atoms with Crippen LogP contribution in [0.3, 0.4) is 0 Å². The van der Waals surface area contributed by atoms with Crippen LogP contribution in [-0.2, 0) is 11.2 Å². The number of hydrogen-bond donors (Lipinski definition) is 2. The molecule has 0 saturated carbocycles. The summed E-state index contributed by atoms with van der Waals surface area (Å²) in [6, 6.07) is 13.5. The predicted molar refractivity (Wildman–Crippen MR) is 103 cm³/mol. The van der Waals surface area contributed by atoms with Crippen molar-refractivity contribution in [2.24, 2.45) is 0 Å². The molecule has 0 bridgehead atoms. The summed E-state index contributed by atoms with van der Waals surface area (Å²) in [7, 11) is 0. The smallest absolute Gasteiger partial charge is 0.260 e. The maximum atomic E-state index is 12.1. The number of anilines is 1. The van der Waals surface area contributed by atoms with Crippen molar-refractivity contribution in [3.63, 3.8) is 0 Å². The number of halogens is 2. The summed E-state index contributed by atoms with van der Waals surface area (Å²) in [5.74, 6) is -0.103. The molecule has 1 saturated heterocycles. The number of hydrogen-bond acceptors (Lipinski definition) is 3. The first-order valence-electron chi connectivity index (χ1n) is 7.55. The Morgan fingerprint density at radius 1 is 1.17 bits per heavy atom. The van der Waals surface area contributed by atoms with Gasteiger partial charge >= 0.3 is 0 Å². The molecule has 0 aromatic heterocycles. The fourth-order valence-corrected chi connectivity index (χ4v) is 3.60. The summed E-state index contributed by atoms with van der Waals surface area (Å²) in [4.78, 5) is 12.8. The fourth-order valence-electron chi connectivity index (χ4n) is 2.31. The molecule has 1 fully saturated rings. The number of thioether (sulfide) groups is 1. The van der Waals surface area contributed by atoms with Crippen LogP contribution in [0.2, 0.25) is 10.0 Å². The number of carbonyl (C=O) groups is 1. The van der Waals surface area contributed by atoms with Gasteiger partial charge in [0.25, 0.3) is 5.91 Å². The molecule has 1 atom stereocenters. The Morgan fingerprint density at radius 2 is 1.92 bits per heavy atom. The van der Waals surface area contributed by atoms with Crippen LogP contribution in [0.25, 0.3) is 6.08 Å². The summed E-state index contributed by atoms with van der Waals surface area (Å²) in [6.45, 7) is 2.12. The molecular weight excluding hydrogens is 363 g/mol. The van der Waals surface area contributed by atoms with Gasteiger partial charge in [-0.3, -0.25) is 4.79 Å². The molecule has 6 heteroatoms. The Bertz CT molecular complexity index is 790. The standard InChI is InChI=1S/C18H16Cl2N2OS/c1-2-11-3-6-13(7-4-11)21-18-22-17(23)16(24-18)10-12-5-8-14(19)15(20)9-12/h3-10,18,21H,2H2,1H3,(H,22,23)/b16-10-/t18-/m1/s1. The van der Waals surface area contributed by atoms with E-state index in [4.69, 9.17) is 23.2 Å². The molecule has 1 heterocycles. The van der Waals surface area contributed by atoms with Gasteiger partial charge in [-0.05, 0) is 47.9 Å². The van der Waals surface area contributed by atoms with E-state index in [9.17, 15) is 4.79 Å². The van der Waals surface area contributed by atoms with Crippen LogP contribution in [0.4, 0.5) is 5.69 Å². The third-order valence-corrected chi connectivity index (χ3v) is 5.40. The quantitative estimate of drug-likeness (QED) is 0.722. The normalized spacial score (nSPS) is 18.7. The van der Waals surface area contributed by atoms with Gasteiger partial charge in [-0.15, -0.1) is 0 Å². The molecule has 0 radical (unpaired) electrons. The van der Waals surface area contributed by atoms with E-state index in [0.717, 1.165) is 17.7 Å². The van der Waals surface area contributed by atoms with Crippen molar-refractivity contribution in [1.82, 2.24) is 5.32 Å². The number of benzene rings is 2. The molecule has 1 aliphatic rings. The van der Waals surface area contributed by atoms with Gasteiger partial charge in [0.2, 0.25) is 0 Å². The van der Waals surface area contributed by atoms with Crippen LogP contribution in [-0.4, -0.2) is 11.4 Å². The van der Waals surface area contributed by atoms with Gasteiger partial charge in [-0.2, -0.15) is 0 Å². The lowest BCUT2D eigenvalue weighted by atomic mass is 10.1. The maximum absolute atomic E-state index is 12.1. The van der Waals surface area contributed by atoms with Gasteiger partial charge in [-0.25, -0.2) is 0 Å². The van der Waals surface area contributed by atoms with E-state index in [1.165, 1.54) is 17.3 Å². The van der Waals surface area contributed by atoms with E-state index in [2.05, 4.69) is 29.7 Å². The Hall–Kier alpha value is -1.62. The van der Waals surface area contributed by atoms with E-state index in [1.54, 1.807) is 12.1 Å². The molecule has 1 amide bonds. The molecule has 1 aliphatic heterocycles. The van der Waals surface area contributed by atoms with Crippen molar-refractivity contribution in [1.29, 1.82) is 0 Å². The summed E-state index contributed by atoms with van der Waals surface area (Å²) in [5, 5.41) is 7.18. The molecule has 0 aliphatic carbocycles. The summed E-state index contributed by atoms with van der Waals surface area (Å²) < 4.78 is 0. The molecule has 0 spiro atoms. The SMILES string of the molecule is CCc1ccc(N[C@@H]2NC(=O)/C(=C/c3ccc(Cl)c(Cl)c3)S2)cc1. The van der Waals surface area contributed by atoms with Crippen LogP contribution in [0.5, 0.6) is 0 Å². The zero-order valence-corrected chi connectivity index (χ0v) is 15.3. The summed E-state index contributed by atoms with van der Waals surface area (Å²) in [6.07, 6.45) is 2.82. The Kier molecular flexibility index (Phi) is 5.39. The van der Waals surface area contributed by atoms with Gasteiger partial charge in [0, 0.05) is 5.69 Å². The Labute approximate surface area is 155 Å². The van der Waals surface area contributed by atoms with E-state index >= 15 is 0 Å². The Morgan fingerprint density at radius 3 is 2.58 bits per heavy atom. The molecule has 2 N–H and O–H groups in total. The highest BCUT2D eigenvalue weighted by molar-refractivity contribution is 8.05. The first kappa shape index (κ1) is 17.2. The van der Waals surface area contributed by atoms with E-state index < -0.39 is 0 Å². The van der Waals surface area contributed by atoms with Crippen LogP contribution >= 0.6 is 35.0 Å². The second kappa shape index (κ2) is 7.51. The average Bonchev–Trinajstić information content (AvgIpc) is 2.91. The van der Waals surface area contributed by atoms with Crippen molar-refractivity contribution >= 4 is 52.6 Å². The maximum Gasteiger partial charge on any atom is 0.260 e. The topological polar surface area (TPSA) is 41.1 Å². The van der Waals surface area contributed by atoms with Gasteiger partial charge in [0.05, 0.1) is 15.0 Å². The predicted octanol–water partition coefficient (Wildman–Crippen LogP) is 5.16. The zero-order chi connectivity index (χ0) is 17.1. The highest BCUT2D eigenvalue weighted by Gasteiger charge is 2.27. The van der Waals surface area contributed by atoms with Crippen LogP contribution in [0.1, 0.15) is 18.1 Å². The Balaban J connectivity index is 1.70. The van der Waals surface area contributed by atoms with E-state index in [1.807, 2.05) is 24.3 Å². The number of nitrogens with one attached hydrogen (secondary N) is 2. The van der Waals surface area contributed by atoms with Crippen molar-refractivity contribution in [3.05, 3.63) is 68.5 Å². The summed E-state index contributed by atoms with van der Waals surface area (Å²) in [5.41, 5.74) is 2.90. The first-order chi connectivity index (χ1) is 11.5. The lowest BCUT2D eigenvalue weighted by molar-refractivity contribution is -0.116. The minimum atomic E-state index is -0.195. The second-order valence-electron chi connectivity index (χ2n) is 5.35. The highest BCUT2D eigenvalue weighted by atomic mass is 35.5. The number of rotatable bonds is 4. The monoisotopic (exact) mass is 378 g/mol. The number of amides is 1. The zero-order valence-electron chi connectivity index (χ0n) is 13.0. The third kappa shape index (κ3) is 4.07. The van der Waals surface area contributed by atoms with Gasteiger partial charge < -0.3 is 10.6 Å². The van der Waals surface area contributed by atoms with Crippen LogP contribution in [0, 0.1) is 0 Å². The molecule has 2 aromatic rings. The van der Waals surface area contributed by atoms with Crippen LogP contribution in [0.15, 0.2) is 47.4 Å². The number of carbonyl (C=O) groups excluding carboxylic acids is 1. The van der Waals surface area contributed by atoms with Gasteiger partial charge in [0.1, 0.15) is 0 Å². The minimum absolute atomic E-state index is 0.103.